The Morgan fingerprint density at radius 2 is 2.07 bits per heavy atom. The third-order valence-corrected chi connectivity index (χ3v) is 1.22. The number of aliphatic carboxylic acids is 1. The van der Waals surface area contributed by atoms with Crippen molar-refractivity contribution in [2.24, 2.45) is 5.73 Å². The monoisotopic (exact) mass is 196 g/mol. The highest BCUT2D eigenvalue weighted by atomic mass is 16.4. The molecule has 0 saturated carbocycles. The fraction of sp³-hybridized carbons (Fsp3) is 0.222. The highest BCUT2D eigenvalue weighted by molar-refractivity contribution is 5.90. The molecule has 1 rings (SSSR count). The van der Waals surface area contributed by atoms with Gasteiger partial charge in [-0.15, -0.1) is 0 Å². The van der Waals surface area contributed by atoms with Crippen molar-refractivity contribution < 1.29 is 14.7 Å². The molecule has 0 radical (unpaired) electrons. The first-order valence-corrected chi connectivity index (χ1v) is 4.00. The number of hydrogen-bond acceptors (Lipinski definition) is 3. The van der Waals surface area contributed by atoms with E-state index in [4.69, 9.17) is 10.8 Å². The molecule has 0 aromatic carbocycles. The lowest BCUT2D eigenvalue weighted by Gasteiger charge is -1.88. The Morgan fingerprint density at radius 1 is 1.50 bits per heavy atom. The molecule has 0 unspecified atom stereocenters. The van der Waals surface area contributed by atoms with E-state index in [0.717, 1.165) is 0 Å². The van der Waals surface area contributed by atoms with Crippen molar-refractivity contribution in [2.75, 3.05) is 0 Å². The second kappa shape index (κ2) is 6.59. The summed E-state index contributed by atoms with van der Waals surface area (Å²) in [5, 5.41) is 7.72. The minimum atomic E-state index is -0.745. The van der Waals surface area contributed by atoms with Gasteiger partial charge in [-0.3, -0.25) is 14.6 Å². The molecule has 0 aliphatic carbocycles. The third-order valence-electron chi connectivity index (χ3n) is 1.22. The van der Waals surface area contributed by atoms with Crippen LogP contribution in [0.15, 0.2) is 24.4 Å². The molecule has 5 nitrogen and oxygen atoms in total. The maximum absolute atomic E-state index is 10.4. The van der Waals surface area contributed by atoms with Crippen LogP contribution in [0, 0.1) is 0 Å². The Hall–Kier alpha value is -1.91. The lowest BCUT2D eigenvalue weighted by atomic mass is 10.3. The number of nitrogens with zero attached hydrogens (tertiary/aromatic N) is 1. The van der Waals surface area contributed by atoms with Gasteiger partial charge >= 0.3 is 5.97 Å². The topological polar surface area (TPSA) is 93.3 Å². The van der Waals surface area contributed by atoms with Crippen LogP contribution in [0.3, 0.4) is 0 Å². The van der Waals surface area contributed by atoms with Crippen LogP contribution in [-0.2, 0) is 4.79 Å². The molecule has 0 aliphatic rings. The van der Waals surface area contributed by atoms with E-state index in [1.165, 1.54) is 6.20 Å². The number of pyridine rings is 1. The molecule has 5 heteroatoms. The zero-order valence-electron chi connectivity index (χ0n) is 7.80. The average Bonchev–Trinajstić information content (AvgIpc) is 2.20. The van der Waals surface area contributed by atoms with E-state index in [9.17, 15) is 9.59 Å². The smallest absolute Gasteiger partial charge is 0.303 e. The highest BCUT2D eigenvalue weighted by Crippen LogP contribution is 1.88. The molecule has 1 aromatic rings. The normalized spacial score (nSPS) is 8.36. The highest BCUT2D eigenvalue weighted by Gasteiger charge is 1.95. The fourth-order valence-corrected chi connectivity index (χ4v) is 0.509. The number of carboxylic acids is 1. The summed E-state index contributed by atoms with van der Waals surface area (Å²) in [6.07, 6.45) is 1.75. The van der Waals surface area contributed by atoms with Crippen molar-refractivity contribution in [3.63, 3.8) is 0 Å². The summed E-state index contributed by atoms with van der Waals surface area (Å²) >= 11 is 0. The molecular formula is C9H12N2O3. The lowest BCUT2D eigenvalue weighted by Crippen LogP contribution is -2.12. The van der Waals surface area contributed by atoms with Gasteiger partial charge in [-0.2, -0.15) is 0 Å². The van der Waals surface area contributed by atoms with Gasteiger partial charge in [-0.25, -0.2) is 0 Å². The van der Waals surface area contributed by atoms with Crippen molar-refractivity contribution in [1.82, 2.24) is 4.98 Å². The number of carbonyl (C=O) groups excluding carboxylic acids is 1. The molecule has 0 aliphatic heterocycles. The van der Waals surface area contributed by atoms with Crippen LogP contribution >= 0.6 is 0 Å². The molecule has 0 spiro atoms. The van der Waals surface area contributed by atoms with E-state index in [1.807, 2.05) is 0 Å². The molecule has 3 N–H and O–H groups in total. The molecule has 1 amide bonds. The fourth-order valence-electron chi connectivity index (χ4n) is 0.509. The summed E-state index contributed by atoms with van der Waals surface area (Å²) in [7, 11) is 0. The standard InChI is InChI=1S/C6H6N2O.C3H6O2/c7-6(9)5-3-1-2-4-8-5;1-2-3(4)5/h1-4H,(H2,7,9);2H2,1H3,(H,4,5). The average molecular weight is 196 g/mol. The van der Waals surface area contributed by atoms with E-state index in [2.05, 4.69) is 4.98 Å². The molecule has 0 bridgehead atoms. The van der Waals surface area contributed by atoms with Crippen LogP contribution in [-0.4, -0.2) is 22.0 Å². The quantitative estimate of drug-likeness (QED) is 0.726. The molecule has 0 atom stereocenters. The van der Waals surface area contributed by atoms with Crippen molar-refractivity contribution in [1.29, 1.82) is 0 Å². The van der Waals surface area contributed by atoms with Gasteiger partial charge in [0.25, 0.3) is 5.91 Å². The Morgan fingerprint density at radius 3 is 2.29 bits per heavy atom. The largest absolute Gasteiger partial charge is 0.481 e. The molecule has 1 heterocycles. The molecule has 0 fully saturated rings. The molecule has 76 valence electrons. The Bertz CT molecular complexity index is 298. The molecule has 1 aromatic heterocycles. The Labute approximate surface area is 81.6 Å². The Balaban J connectivity index is 0.000000292. The Kier molecular flexibility index (Phi) is 5.69. The summed E-state index contributed by atoms with van der Waals surface area (Å²) in [5.41, 5.74) is 5.22. The second-order valence-corrected chi connectivity index (χ2v) is 2.33. The number of carbonyl (C=O) groups is 2. The van der Waals surface area contributed by atoms with E-state index >= 15 is 0 Å². The molecule has 14 heavy (non-hydrogen) atoms. The zero-order chi connectivity index (χ0) is 11.0. The first kappa shape index (κ1) is 12.1. The second-order valence-electron chi connectivity index (χ2n) is 2.33. The van der Waals surface area contributed by atoms with Crippen LogP contribution < -0.4 is 5.73 Å². The SMILES string of the molecule is CCC(=O)O.NC(=O)c1ccccn1. The first-order valence-electron chi connectivity index (χ1n) is 4.00. The number of rotatable bonds is 2. The van der Waals surface area contributed by atoms with E-state index in [1.54, 1.807) is 25.1 Å². The van der Waals surface area contributed by atoms with E-state index in [0.29, 0.717) is 5.69 Å². The number of carboxylic acid groups (broad SMARTS) is 1. The van der Waals surface area contributed by atoms with Gasteiger partial charge in [0.05, 0.1) is 0 Å². The van der Waals surface area contributed by atoms with Crippen LogP contribution in [0.25, 0.3) is 0 Å². The minimum absolute atomic E-state index is 0.222. The van der Waals surface area contributed by atoms with Gasteiger partial charge in [0, 0.05) is 12.6 Å². The van der Waals surface area contributed by atoms with E-state index < -0.39 is 11.9 Å². The van der Waals surface area contributed by atoms with Gasteiger partial charge < -0.3 is 10.8 Å². The first-order chi connectivity index (χ1) is 6.57. The van der Waals surface area contributed by atoms with E-state index in [-0.39, 0.29) is 6.42 Å². The molecule has 0 saturated heterocycles. The summed E-state index contributed by atoms with van der Waals surface area (Å²) in [6, 6.07) is 5.02. The number of primary amides is 1. The number of hydrogen-bond donors (Lipinski definition) is 2. The summed E-state index contributed by atoms with van der Waals surface area (Å²) in [6.45, 7) is 1.60. The van der Waals surface area contributed by atoms with Crippen molar-refractivity contribution in [3.8, 4) is 0 Å². The minimum Gasteiger partial charge on any atom is -0.481 e. The van der Waals surface area contributed by atoms with Crippen LogP contribution in [0.5, 0.6) is 0 Å². The number of nitrogens with two attached hydrogens (primary N) is 1. The third kappa shape index (κ3) is 5.70. The number of amides is 1. The van der Waals surface area contributed by atoms with Gasteiger partial charge in [-0.05, 0) is 12.1 Å². The van der Waals surface area contributed by atoms with Crippen LogP contribution in [0.1, 0.15) is 23.8 Å². The predicted molar refractivity (Wildman–Crippen MR) is 50.7 cm³/mol. The summed E-state index contributed by atoms with van der Waals surface area (Å²) in [5.74, 6) is -1.24. The summed E-state index contributed by atoms with van der Waals surface area (Å²) < 4.78 is 0. The maximum Gasteiger partial charge on any atom is 0.303 e. The predicted octanol–water partition coefficient (Wildman–Crippen LogP) is 0.661. The van der Waals surface area contributed by atoms with Crippen molar-refractivity contribution in [3.05, 3.63) is 30.1 Å². The van der Waals surface area contributed by atoms with Gasteiger partial charge in [0.2, 0.25) is 0 Å². The lowest BCUT2D eigenvalue weighted by molar-refractivity contribution is -0.136. The van der Waals surface area contributed by atoms with Gasteiger partial charge in [0.1, 0.15) is 5.69 Å². The van der Waals surface area contributed by atoms with Crippen molar-refractivity contribution >= 4 is 11.9 Å². The summed E-state index contributed by atoms with van der Waals surface area (Å²) in [4.78, 5) is 23.4. The van der Waals surface area contributed by atoms with Crippen LogP contribution in [0.2, 0.25) is 0 Å². The van der Waals surface area contributed by atoms with Gasteiger partial charge in [0.15, 0.2) is 0 Å². The maximum atomic E-state index is 10.4. The number of aromatic nitrogens is 1. The van der Waals surface area contributed by atoms with Gasteiger partial charge in [-0.1, -0.05) is 13.0 Å². The van der Waals surface area contributed by atoms with Crippen molar-refractivity contribution in [2.45, 2.75) is 13.3 Å². The van der Waals surface area contributed by atoms with Crippen LogP contribution in [0.4, 0.5) is 0 Å². The molecular weight excluding hydrogens is 184 g/mol. The zero-order valence-corrected chi connectivity index (χ0v) is 7.80.